The maximum absolute atomic E-state index is 8.82. The molecular formula is C11H15N3S. The van der Waals surface area contributed by atoms with Crippen LogP contribution in [0.5, 0.6) is 0 Å². The molecule has 0 fully saturated rings. The number of aromatic nitrogens is 1. The Labute approximate surface area is 94.9 Å². The Morgan fingerprint density at radius 3 is 3.13 bits per heavy atom. The molecule has 1 aromatic heterocycles. The highest BCUT2D eigenvalue weighted by molar-refractivity contribution is 7.99. The van der Waals surface area contributed by atoms with Crippen LogP contribution in [0, 0.1) is 11.3 Å². The van der Waals surface area contributed by atoms with Gasteiger partial charge in [0.05, 0.1) is 5.69 Å². The van der Waals surface area contributed by atoms with Crippen molar-refractivity contribution in [3.8, 4) is 6.07 Å². The van der Waals surface area contributed by atoms with Gasteiger partial charge in [-0.1, -0.05) is 6.92 Å². The van der Waals surface area contributed by atoms with Crippen molar-refractivity contribution < 1.29 is 0 Å². The number of anilines is 1. The molecule has 1 atom stereocenters. The molecule has 0 saturated carbocycles. The molecule has 1 heterocycles. The molecule has 1 unspecified atom stereocenters. The average Bonchev–Trinajstić information content (AvgIpc) is 2.29. The summed E-state index contributed by atoms with van der Waals surface area (Å²) in [7, 11) is 0. The second-order valence-corrected chi connectivity index (χ2v) is 4.55. The first kappa shape index (κ1) is 11.9. The quantitative estimate of drug-likeness (QED) is 0.830. The third-order valence-electron chi connectivity index (χ3n) is 2.18. The van der Waals surface area contributed by atoms with Crippen molar-refractivity contribution in [3.63, 3.8) is 0 Å². The Bertz CT molecular complexity index is 346. The van der Waals surface area contributed by atoms with Gasteiger partial charge in [-0.05, 0) is 24.8 Å². The Morgan fingerprint density at radius 1 is 1.67 bits per heavy atom. The third-order valence-corrected chi connectivity index (χ3v) is 3.22. The van der Waals surface area contributed by atoms with E-state index in [-0.39, 0.29) is 0 Å². The van der Waals surface area contributed by atoms with E-state index in [0.717, 1.165) is 18.7 Å². The highest BCUT2D eigenvalue weighted by Crippen LogP contribution is 2.13. The number of hydrogen-bond donors (Lipinski definition) is 1. The standard InChI is InChI=1S/C11H15N3S/c1-9(15-2)5-7-14-10-4-3-6-13-11(10)8-12/h3-4,6,9,14H,5,7H2,1-2H3. The van der Waals surface area contributed by atoms with Gasteiger partial charge in [0.25, 0.3) is 0 Å². The summed E-state index contributed by atoms with van der Waals surface area (Å²) in [5.41, 5.74) is 1.29. The zero-order valence-electron chi connectivity index (χ0n) is 9.03. The number of nitriles is 1. The minimum absolute atomic E-state index is 0.467. The lowest BCUT2D eigenvalue weighted by Crippen LogP contribution is -2.09. The summed E-state index contributed by atoms with van der Waals surface area (Å²) < 4.78 is 0. The van der Waals surface area contributed by atoms with Crippen LogP contribution in [0.3, 0.4) is 0 Å². The Kier molecular flexibility index (Phi) is 4.99. The Hall–Kier alpha value is -1.21. The fraction of sp³-hybridized carbons (Fsp3) is 0.455. The molecule has 0 aliphatic carbocycles. The summed E-state index contributed by atoms with van der Waals surface area (Å²) in [6, 6.07) is 5.79. The van der Waals surface area contributed by atoms with Crippen molar-refractivity contribution >= 4 is 17.4 Å². The van der Waals surface area contributed by atoms with Gasteiger partial charge in [-0.15, -0.1) is 0 Å². The predicted octanol–water partition coefficient (Wildman–Crippen LogP) is 2.51. The molecule has 3 nitrogen and oxygen atoms in total. The lowest BCUT2D eigenvalue weighted by molar-refractivity contribution is 0.852. The molecule has 0 aliphatic heterocycles. The van der Waals surface area contributed by atoms with Gasteiger partial charge in [0.1, 0.15) is 6.07 Å². The fourth-order valence-corrected chi connectivity index (χ4v) is 1.52. The van der Waals surface area contributed by atoms with Crippen LogP contribution in [-0.4, -0.2) is 23.0 Å². The van der Waals surface area contributed by atoms with Crippen LogP contribution in [0.25, 0.3) is 0 Å². The minimum Gasteiger partial charge on any atom is -0.383 e. The number of nitrogens with one attached hydrogen (secondary N) is 1. The van der Waals surface area contributed by atoms with Gasteiger partial charge in [-0.25, -0.2) is 4.98 Å². The highest BCUT2D eigenvalue weighted by Gasteiger charge is 2.02. The smallest absolute Gasteiger partial charge is 0.163 e. The van der Waals surface area contributed by atoms with E-state index in [0.29, 0.717) is 10.9 Å². The number of hydrogen-bond acceptors (Lipinski definition) is 4. The largest absolute Gasteiger partial charge is 0.383 e. The first-order valence-electron chi connectivity index (χ1n) is 4.89. The summed E-state index contributed by atoms with van der Waals surface area (Å²) in [4.78, 5) is 3.99. The van der Waals surface area contributed by atoms with Crippen molar-refractivity contribution in [1.29, 1.82) is 5.26 Å². The van der Waals surface area contributed by atoms with E-state index in [9.17, 15) is 0 Å². The number of nitrogens with zero attached hydrogens (tertiary/aromatic N) is 2. The highest BCUT2D eigenvalue weighted by atomic mass is 32.2. The molecule has 1 aromatic rings. The van der Waals surface area contributed by atoms with E-state index < -0.39 is 0 Å². The normalized spacial score (nSPS) is 11.8. The van der Waals surface area contributed by atoms with Gasteiger partial charge in [0.15, 0.2) is 5.69 Å². The van der Waals surface area contributed by atoms with Crippen LogP contribution in [0.15, 0.2) is 18.3 Å². The van der Waals surface area contributed by atoms with E-state index in [1.54, 1.807) is 6.20 Å². The lowest BCUT2D eigenvalue weighted by atomic mass is 10.3. The van der Waals surface area contributed by atoms with Crippen LogP contribution in [-0.2, 0) is 0 Å². The van der Waals surface area contributed by atoms with Gasteiger partial charge in [-0.2, -0.15) is 17.0 Å². The van der Waals surface area contributed by atoms with Gasteiger partial charge >= 0.3 is 0 Å². The maximum Gasteiger partial charge on any atom is 0.163 e. The van der Waals surface area contributed by atoms with Crippen molar-refractivity contribution in [1.82, 2.24) is 4.98 Å². The van der Waals surface area contributed by atoms with Crippen molar-refractivity contribution in [2.45, 2.75) is 18.6 Å². The van der Waals surface area contributed by atoms with E-state index in [1.165, 1.54) is 0 Å². The topological polar surface area (TPSA) is 48.7 Å². The van der Waals surface area contributed by atoms with Gasteiger partial charge in [0.2, 0.25) is 0 Å². The Morgan fingerprint density at radius 2 is 2.47 bits per heavy atom. The SMILES string of the molecule is CSC(C)CCNc1cccnc1C#N. The van der Waals surface area contributed by atoms with Gasteiger partial charge in [-0.3, -0.25) is 0 Å². The number of pyridine rings is 1. The fourth-order valence-electron chi connectivity index (χ4n) is 1.16. The van der Waals surface area contributed by atoms with Crippen LogP contribution in [0.4, 0.5) is 5.69 Å². The van der Waals surface area contributed by atoms with Crippen LogP contribution < -0.4 is 5.32 Å². The maximum atomic E-state index is 8.82. The van der Waals surface area contributed by atoms with Crippen LogP contribution in [0.2, 0.25) is 0 Å². The van der Waals surface area contributed by atoms with Crippen LogP contribution in [0.1, 0.15) is 19.0 Å². The summed E-state index contributed by atoms with van der Waals surface area (Å²) in [5.74, 6) is 0. The van der Waals surface area contributed by atoms with Crippen molar-refractivity contribution in [3.05, 3.63) is 24.0 Å². The monoisotopic (exact) mass is 221 g/mol. The molecule has 4 heteroatoms. The molecule has 1 N–H and O–H groups in total. The summed E-state index contributed by atoms with van der Waals surface area (Å²) in [6.07, 6.45) is 4.82. The van der Waals surface area contributed by atoms with Crippen molar-refractivity contribution in [2.75, 3.05) is 18.1 Å². The molecular weight excluding hydrogens is 206 g/mol. The first-order valence-corrected chi connectivity index (χ1v) is 6.18. The van der Waals surface area contributed by atoms with E-state index in [2.05, 4.69) is 29.5 Å². The molecule has 0 radical (unpaired) electrons. The van der Waals surface area contributed by atoms with E-state index in [1.807, 2.05) is 23.9 Å². The first-order chi connectivity index (χ1) is 7.27. The molecule has 1 rings (SSSR count). The summed E-state index contributed by atoms with van der Waals surface area (Å²) in [6.45, 7) is 3.07. The third kappa shape index (κ3) is 3.80. The molecule has 15 heavy (non-hydrogen) atoms. The molecule has 0 amide bonds. The molecule has 0 aliphatic rings. The zero-order chi connectivity index (χ0) is 11.1. The molecule has 80 valence electrons. The zero-order valence-corrected chi connectivity index (χ0v) is 9.84. The molecule has 0 spiro atoms. The average molecular weight is 221 g/mol. The molecule has 0 bridgehead atoms. The molecule has 0 aromatic carbocycles. The van der Waals surface area contributed by atoms with E-state index >= 15 is 0 Å². The van der Waals surface area contributed by atoms with Crippen molar-refractivity contribution in [2.24, 2.45) is 0 Å². The molecule has 0 saturated heterocycles. The van der Waals surface area contributed by atoms with Gasteiger partial charge < -0.3 is 5.32 Å². The number of thioether (sulfide) groups is 1. The minimum atomic E-state index is 0.467. The second-order valence-electron chi connectivity index (χ2n) is 3.27. The second kappa shape index (κ2) is 6.31. The Balaban J connectivity index is 2.47. The number of rotatable bonds is 5. The summed E-state index contributed by atoms with van der Waals surface area (Å²) in [5, 5.41) is 12.7. The lowest BCUT2D eigenvalue weighted by Gasteiger charge is -2.10. The van der Waals surface area contributed by atoms with Gasteiger partial charge in [0, 0.05) is 18.0 Å². The van der Waals surface area contributed by atoms with E-state index in [4.69, 9.17) is 5.26 Å². The predicted molar refractivity (Wildman–Crippen MR) is 65.0 cm³/mol. The summed E-state index contributed by atoms with van der Waals surface area (Å²) >= 11 is 1.85. The van der Waals surface area contributed by atoms with Crippen LogP contribution >= 0.6 is 11.8 Å².